The van der Waals surface area contributed by atoms with Crippen molar-refractivity contribution in [2.24, 2.45) is 0 Å². The normalized spacial score (nSPS) is 13.0. The molecule has 0 saturated heterocycles. The number of carbonyl (C=O) groups is 3. The Morgan fingerprint density at radius 2 is 1.89 bits per heavy atom. The second kappa shape index (κ2) is 6.90. The molecule has 0 spiro atoms. The zero-order valence-corrected chi connectivity index (χ0v) is 15.8. The van der Waals surface area contributed by atoms with Gasteiger partial charge < -0.3 is 10.6 Å². The number of nitrogens with zero attached hydrogens (tertiary/aromatic N) is 2. The topological polar surface area (TPSA) is 91.4 Å². The highest BCUT2D eigenvalue weighted by atomic mass is 32.1. The second-order valence-corrected chi connectivity index (χ2v) is 7.35. The van der Waals surface area contributed by atoms with Crippen molar-refractivity contribution in [3.05, 3.63) is 60.2 Å². The first-order chi connectivity index (χ1) is 13.4. The lowest BCUT2D eigenvalue weighted by Gasteiger charge is -2.16. The summed E-state index contributed by atoms with van der Waals surface area (Å²) in [6.45, 7) is 5.23. The molecule has 0 radical (unpaired) electrons. The molecule has 1 aliphatic rings. The summed E-state index contributed by atoms with van der Waals surface area (Å²) in [6, 6.07) is 12.5. The molecule has 0 saturated carbocycles. The van der Waals surface area contributed by atoms with E-state index in [0.717, 1.165) is 10.3 Å². The Balaban J connectivity index is 1.48. The Morgan fingerprint density at radius 1 is 1.14 bits per heavy atom. The van der Waals surface area contributed by atoms with Crippen molar-refractivity contribution in [1.82, 2.24) is 9.88 Å². The molecule has 3 aromatic rings. The lowest BCUT2D eigenvalue weighted by Crippen LogP contribution is -2.32. The molecule has 1 aliphatic heterocycles. The number of aromatic nitrogens is 1. The first-order valence-electron chi connectivity index (χ1n) is 8.50. The number of hydrogen-bond donors (Lipinski definition) is 2. The Bertz CT molecular complexity index is 1120. The van der Waals surface area contributed by atoms with E-state index in [2.05, 4.69) is 22.2 Å². The standard InChI is InChI=1S/C20H16N4O3S/c1-11-14-5-3-4-6-15(14)19(27)24(11)10-18(26)23-20-22-16-8-7-13(21-12(2)25)9-17(16)28-20/h3-9H,1,10H2,2H3,(H,21,25)(H,22,23,26). The van der Waals surface area contributed by atoms with Crippen LogP contribution in [-0.2, 0) is 9.59 Å². The molecule has 0 aliphatic carbocycles. The molecule has 1 aromatic heterocycles. The van der Waals surface area contributed by atoms with E-state index in [-0.39, 0.29) is 24.3 Å². The van der Waals surface area contributed by atoms with Gasteiger partial charge in [0.1, 0.15) is 6.54 Å². The zero-order valence-electron chi connectivity index (χ0n) is 15.0. The Labute approximate surface area is 164 Å². The molecule has 4 rings (SSSR count). The van der Waals surface area contributed by atoms with E-state index in [1.54, 1.807) is 30.3 Å². The molecule has 0 fully saturated rings. The molecule has 140 valence electrons. The van der Waals surface area contributed by atoms with Crippen LogP contribution in [0.15, 0.2) is 49.0 Å². The van der Waals surface area contributed by atoms with Crippen LogP contribution in [-0.4, -0.2) is 34.2 Å². The molecular weight excluding hydrogens is 376 g/mol. The first-order valence-corrected chi connectivity index (χ1v) is 9.32. The van der Waals surface area contributed by atoms with Gasteiger partial charge in [-0.05, 0) is 24.3 Å². The summed E-state index contributed by atoms with van der Waals surface area (Å²) in [4.78, 5) is 41.9. The number of amides is 3. The molecule has 3 amide bonds. The summed E-state index contributed by atoms with van der Waals surface area (Å²) in [5.74, 6) is -0.752. The van der Waals surface area contributed by atoms with Crippen LogP contribution in [0.5, 0.6) is 0 Å². The number of carbonyl (C=O) groups excluding carboxylic acids is 3. The molecule has 2 heterocycles. The number of nitrogens with one attached hydrogen (secondary N) is 2. The van der Waals surface area contributed by atoms with E-state index in [1.807, 2.05) is 12.1 Å². The predicted molar refractivity (Wildman–Crippen MR) is 109 cm³/mol. The van der Waals surface area contributed by atoms with Crippen LogP contribution in [0.4, 0.5) is 10.8 Å². The maximum atomic E-state index is 12.5. The zero-order chi connectivity index (χ0) is 19.8. The van der Waals surface area contributed by atoms with Crippen LogP contribution in [0, 0.1) is 0 Å². The van der Waals surface area contributed by atoms with Crippen LogP contribution < -0.4 is 10.6 Å². The Morgan fingerprint density at radius 3 is 2.61 bits per heavy atom. The maximum Gasteiger partial charge on any atom is 0.259 e. The highest BCUT2D eigenvalue weighted by Gasteiger charge is 2.31. The third-order valence-electron chi connectivity index (χ3n) is 4.30. The Kier molecular flexibility index (Phi) is 4.40. The van der Waals surface area contributed by atoms with Crippen LogP contribution in [0.25, 0.3) is 15.9 Å². The molecule has 28 heavy (non-hydrogen) atoms. The van der Waals surface area contributed by atoms with Crippen molar-refractivity contribution in [2.45, 2.75) is 6.92 Å². The van der Waals surface area contributed by atoms with Gasteiger partial charge in [-0.3, -0.25) is 19.3 Å². The number of fused-ring (bicyclic) bond motifs is 2. The highest BCUT2D eigenvalue weighted by molar-refractivity contribution is 7.22. The van der Waals surface area contributed by atoms with Crippen molar-refractivity contribution in [3.8, 4) is 0 Å². The van der Waals surface area contributed by atoms with Crippen LogP contribution in [0.2, 0.25) is 0 Å². The molecule has 7 nitrogen and oxygen atoms in total. The third kappa shape index (κ3) is 3.25. The number of thiazole rings is 1. The number of anilines is 2. The SMILES string of the molecule is C=C1c2ccccc2C(=O)N1CC(=O)Nc1nc2ccc(NC(C)=O)cc2s1. The van der Waals surface area contributed by atoms with Crippen LogP contribution in [0.3, 0.4) is 0 Å². The molecule has 0 bridgehead atoms. The van der Waals surface area contributed by atoms with Gasteiger partial charge in [-0.15, -0.1) is 0 Å². The summed E-state index contributed by atoms with van der Waals surface area (Å²) < 4.78 is 0.829. The largest absolute Gasteiger partial charge is 0.326 e. The van der Waals surface area contributed by atoms with Crippen molar-refractivity contribution >= 4 is 55.8 Å². The van der Waals surface area contributed by atoms with Gasteiger partial charge in [0, 0.05) is 29.4 Å². The van der Waals surface area contributed by atoms with E-state index in [4.69, 9.17) is 0 Å². The molecule has 2 N–H and O–H groups in total. The fourth-order valence-electron chi connectivity index (χ4n) is 3.06. The van der Waals surface area contributed by atoms with E-state index in [0.29, 0.717) is 27.6 Å². The van der Waals surface area contributed by atoms with E-state index < -0.39 is 0 Å². The van der Waals surface area contributed by atoms with E-state index in [9.17, 15) is 14.4 Å². The Hall–Kier alpha value is -3.52. The molecule has 2 aromatic carbocycles. The van der Waals surface area contributed by atoms with Crippen LogP contribution in [0.1, 0.15) is 22.8 Å². The van der Waals surface area contributed by atoms with Crippen molar-refractivity contribution in [1.29, 1.82) is 0 Å². The minimum atomic E-state index is -0.358. The third-order valence-corrected chi connectivity index (χ3v) is 5.23. The molecule has 0 atom stereocenters. The number of benzene rings is 2. The predicted octanol–water partition coefficient (Wildman–Crippen LogP) is 3.32. The summed E-state index contributed by atoms with van der Waals surface area (Å²) in [5.41, 5.74) is 3.18. The van der Waals surface area contributed by atoms with E-state index >= 15 is 0 Å². The molecule has 8 heteroatoms. The average Bonchev–Trinajstić information content (AvgIpc) is 3.15. The lowest BCUT2D eigenvalue weighted by molar-refractivity contribution is -0.116. The van der Waals surface area contributed by atoms with Gasteiger partial charge in [-0.1, -0.05) is 36.1 Å². The van der Waals surface area contributed by atoms with Crippen molar-refractivity contribution in [2.75, 3.05) is 17.2 Å². The van der Waals surface area contributed by atoms with Crippen LogP contribution >= 0.6 is 11.3 Å². The summed E-state index contributed by atoms with van der Waals surface area (Å²) in [6.07, 6.45) is 0. The maximum absolute atomic E-state index is 12.5. The quantitative estimate of drug-likeness (QED) is 0.713. The molecule has 0 unspecified atom stereocenters. The van der Waals surface area contributed by atoms with E-state index in [1.165, 1.54) is 23.2 Å². The van der Waals surface area contributed by atoms with Gasteiger partial charge in [-0.25, -0.2) is 4.98 Å². The monoisotopic (exact) mass is 392 g/mol. The van der Waals surface area contributed by atoms with Gasteiger partial charge in [-0.2, -0.15) is 0 Å². The number of hydrogen-bond acceptors (Lipinski definition) is 5. The smallest absolute Gasteiger partial charge is 0.259 e. The van der Waals surface area contributed by atoms with Crippen molar-refractivity contribution in [3.63, 3.8) is 0 Å². The van der Waals surface area contributed by atoms with Gasteiger partial charge in [0.2, 0.25) is 11.8 Å². The van der Waals surface area contributed by atoms with Gasteiger partial charge in [0.05, 0.1) is 10.2 Å². The number of rotatable bonds is 4. The fraction of sp³-hybridized carbons (Fsp3) is 0.100. The highest BCUT2D eigenvalue weighted by Crippen LogP contribution is 2.31. The summed E-state index contributed by atoms with van der Waals surface area (Å²) in [5, 5.41) is 5.87. The average molecular weight is 392 g/mol. The second-order valence-electron chi connectivity index (χ2n) is 6.31. The van der Waals surface area contributed by atoms with Crippen molar-refractivity contribution < 1.29 is 14.4 Å². The van der Waals surface area contributed by atoms with Gasteiger partial charge in [0.15, 0.2) is 5.13 Å². The minimum absolute atomic E-state index is 0.139. The fourth-order valence-corrected chi connectivity index (χ4v) is 3.98. The minimum Gasteiger partial charge on any atom is -0.326 e. The molecular formula is C20H16N4O3S. The first kappa shape index (κ1) is 17.9. The summed E-state index contributed by atoms with van der Waals surface area (Å²) >= 11 is 1.29. The van der Waals surface area contributed by atoms with Gasteiger partial charge in [0.25, 0.3) is 5.91 Å². The summed E-state index contributed by atoms with van der Waals surface area (Å²) in [7, 11) is 0. The van der Waals surface area contributed by atoms with Gasteiger partial charge >= 0.3 is 0 Å². The lowest BCUT2D eigenvalue weighted by atomic mass is 10.1.